The Morgan fingerprint density at radius 1 is 1.40 bits per heavy atom. The molecule has 0 radical (unpaired) electrons. The minimum absolute atomic E-state index is 0.0709. The van der Waals surface area contributed by atoms with E-state index in [9.17, 15) is 4.79 Å². The predicted octanol–water partition coefficient (Wildman–Crippen LogP) is 1.99. The fourth-order valence-electron chi connectivity index (χ4n) is 2.95. The zero-order chi connectivity index (χ0) is 17.6. The number of hydrogen-bond donors (Lipinski definition) is 1. The van der Waals surface area contributed by atoms with Gasteiger partial charge in [-0.2, -0.15) is 0 Å². The fourth-order valence-corrected chi connectivity index (χ4v) is 2.95. The van der Waals surface area contributed by atoms with E-state index in [1.54, 1.807) is 6.20 Å². The van der Waals surface area contributed by atoms with Crippen molar-refractivity contribution in [2.24, 2.45) is 0 Å². The molecule has 1 aliphatic rings. The number of nitrogens with zero attached hydrogens (tertiary/aromatic N) is 3. The van der Waals surface area contributed by atoms with Crippen LogP contribution in [0.15, 0.2) is 36.5 Å². The summed E-state index contributed by atoms with van der Waals surface area (Å²) in [4.78, 5) is 22.3. The van der Waals surface area contributed by atoms with E-state index >= 15 is 0 Å². The lowest BCUT2D eigenvalue weighted by molar-refractivity contribution is -0.119. The van der Waals surface area contributed by atoms with Crippen LogP contribution in [0.25, 0.3) is 0 Å². The standard InChI is InChI=1S/C19H24N4O2/c1-14-4-3-5-16(10-14)12-23-8-9-25-18(13-23)19-20-7-6-17(22-19)11-21-15(2)24/h3-7,10,18H,8-9,11-13H2,1-2H3,(H,21,24)/t18-/m0/s1. The van der Waals surface area contributed by atoms with Crippen molar-refractivity contribution in [3.8, 4) is 0 Å². The van der Waals surface area contributed by atoms with E-state index in [1.807, 2.05) is 6.07 Å². The highest BCUT2D eigenvalue weighted by atomic mass is 16.5. The molecule has 1 fully saturated rings. The molecular weight excluding hydrogens is 316 g/mol. The Balaban J connectivity index is 1.64. The zero-order valence-electron chi connectivity index (χ0n) is 14.7. The van der Waals surface area contributed by atoms with Gasteiger partial charge in [0.05, 0.1) is 18.8 Å². The monoisotopic (exact) mass is 340 g/mol. The number of carbonyl (C=O) groups is 1. The van der Waals surface area contributed by atoms with Crippen LogP contribution in [0.2, 0.25) is 0 Å². The quantitative estimate of drug-likeness (QED) is 0.902. The van der Waals surface area contributed by atoms with Gasteiger partial charge in [0.1, 0.15) is 6.10 Å². The van der Waals surface area contributed by atoms with E-state index in [0.29, 0.717) is 19.0 Å². The van der Waals surface area contributed by atoms with Gasteiger partial charge in [0.15, 0.2) is 5.82 Å². The van der Waals surface area contributed by atoms with E-state index < -0.39 is 0 Å². The lowest BCUT2D eigenvalue weighted by Gasteiger charge is -2.32. The van der Waals surface area contributed by atoms with Crippen molar-refractivity contribution in [2.75, 3.05) is 19.7 Å². The molecule has 1 aromatic heterocycles. The number of ether oxygens (including phenoxy) is 1. The van der Waals surface area contributed by atoms with Gasteiger partial charge < -0.3 is 10.1 Å². The number of hydrogen-bond acceptors (Lipinski definition) is 5. The molecule has 0 aliphatic carbocycles. The highest BCUT2D eigenvalue weighted by molar-refractivity contribution is 5.72. The maximum absolute atomic E-state index is 11.1. The Labute approximate surface area is 148 Å². The second kappa shape index (κ2) is 8.18. The average Bonchev–Trinajstić information content (AvgIpc) is 2.60. The van der Waals surface area contributed by atoms with E-state index in [-0.39, 0.29) is 12.0 Å². The van der Waals surface area contributed by atoms with Crippen molar-refractivity contribution >= 4 is 5.91 Å². The largest absolute Gasteiger partial charge is 0.368 e. The molecule has 132 valence electrons. The highest BCUT2D eigenvalue weighted by Crippen LogP contribution is 2.21. The molecule has 3 rings (SSSR count). The Hall–Kier alpha value is -2.31. The van der Waals surface area contributed by atoms with Crippen LogP contribution in [-0.4, -0.2) is 40.5 Å². The zero-order valence-corrected chi connectivity index (χ0v) is 14.7. The molecule has 1 aliphatic heterocycles. The van der Waals surface area contributed by atoms with Gasteiger partial charge in [-0.05, 0) is 18.6 Å². The molecule has 1 atom stereocenters. The molecule has 25 heavy (non-hydrogen) atoms. The van der Waals surface area contributed by atoms with E-state index in [2.05, 4.69) is 51.4 Å². The van der Waals surface area contributed by atoms with Crippen LogP contribution in [0.5, 0.6) is 0 Å². The number of carbonyl (C=O) groups excluding carboxylic acids is 1. The molecule has 6 heteroatoms. The minimum Gasteiger partial charge on any atom is -0.368 e. The lowest BCUT2D eigenvalue weighted by atomic mass is 10.1. The second-order valence-electron chi connectivity index (χ2n) is 6.40. The van der Waals surface area contributed by atoms with E-state index in [4.69, 9.17) is 4.74 Å². The van der Waals surface area contributed by atoms with Crippen LogP contribution in [0.3, 0.4) is 0 Å². The van der Waals surface area contributed by atoms with Gasteiger partial charge in [0.25, 0.3) is 0 Å². The summed E-state index contributed by atoms with van der Waals surface area (Å²) in [7, 11) is 0. The van der Waals surface area contributed by atoms with Crippen LogP contribution < -0.4 is 5.32 Å². The number of amides is 1. The third kappa shape index (κ3) is 5.08. The summed E-state index contributed by atoms with van der Waals surface area (Å²) in [5.74, 6) is 0.607. The first kappa shape index (κ1) is 17.5. The predicted molar refractivity (Wildman–Crippen MR) is 94.7 cm³/mol. The Morgan fingerprint density at radius 3 is 3.08 bits per heavy atom. The summed E-state index contributed by atoms with van der Waals surface area (Å²) in [6, 6.07) is 10.4. The number of nitrogens with one attached hydrogen (secondary N) is 1. The van der Waals surface area contributed by atoms with Gasteiger partial charge in [0, 0.05) is 32.8 Å². The fraction of sp³-hybridized carbons (Fsp3) is 0.421. The Bertz CT molecular complexity index is 735. The second-order valence-corrected chi connectivity index (χ2v) is 6.40. The SMILES string of the molecule is CC(=O)NCc1ccnc([C@@H]2CN(Cc3cccc(C)c3)CCO2)n1. The highest BCUT2D eigenvalue weighted by Gasteiger charge is 2.24. The summed E-state index contributed by atoms with van der Waals surface area (Å²) in [5, 5.41) is 2.76. The van der Waals surface area contributed by atoms with Crippen LogP contribution in [0, 0.1) is 6.92 Å². The van der Waals surface area contributed by atoms with Crippen LogP contribution in [-0.2, 0) is 22.6 Å². The maximum atomic E-state index is 11.1. The molecule has 0 unspecified atom stereocenters. The normalized spacial score (nSPS) is 18.1. The third-order valence-corrected chi connectivity index (χ3v) is 4.18. The first-order valence-corrected chi connectivity index (χ1v) is 8.56. The van der Waals surface area contributed by atoms with E-state index in [0.717, 1.165) is 25.3 Å². The first-order valence-electron chi connectivity index (χ1n) is 8.56. The van der Waals surface area contributed by atoms with Crippen molar-refractivity contribution in [2.45, 2.75) is 33.0 Å². The number of rotatable bonds is 5. The molecule has 1 aromatic carbocycles. The van der Waals surface area contributed by atoms with Crippen molar-refractivity contribution < 1.29 is 9.53 Å². The number of aryl methyl sites for hydroxylation is 1. The Kier molecular flexibility index (Phi) is 5.73. The average molecular weight is 340 g/mol. The number of aromatic nitrogens is 2. The van der Waals surface area contributed by atoms with Gasteiger partial charge in [-0.1, -0.05) is 29.8 Å². The minimum atomic E-state index is -0.143. The molecule has 2 aromatic rings. The third-order valence-electron chi connectivity index (χ3n) is 4.18. The molecule has 1 amide bonds. The maximum Gasteiger partial charge on any atom is 0.217 e. The van der Waals surface area contributed by atoms with E-state index in [1.165, 1.54) is 18.1 Å². The summed E-state index contributed by atoms with van der Waals surface area (Å²) in [6.45, 7) is 7.23. The Morgan fingerprint density at radius 2 is 2.28 bits per heavy atom. The summed E-state index contributed by atoms with van der Waals surface area (Å²) in [6.07, 6.45) is 1.58. The van der Waals surface area contributed by atoms with Gasteiger partial charge >= 0.3 is 0 Å². The van der Waals surface area contributed by atoms with Crippen LogP contribution in [0.1, 0.15) is 35.7 Å². The molecule has 1 N–H and O–H groups in total. The smallest absolute Gasteiger partial charge is 0.217 e. The van der Waals surface area contributed by atoms with Crippen LogP contribution >= 0.6 is 0 Å². The van der Waals surface area contributed by atoms with Crippen molar-refractivity contribution in [3.05, 3.63) is 59.2 Å². The topological polar surface area (TPSA) is 67.4 Å². The van der Waals surface area contributed by atoms with Gasteiger partial charge in [-0.25, -0.2) is 9.97 Å². The molecule has 0 saturated carbocycles. The van der Waals surface area contributed by atoms with Gasteiger partial charge in [-0.15, -0.1) is 0 Å². The molecule has 0 spiro atoms. The lowest BCUT2D eigenvalue weighted by Crippen LogP contribution is -2.38. The van der Waals surface area contributed by atoms with Gasteiger partial charge in [-0.3, -0.25) is 9.69 Å². The first-order chi connectivity index (χ1) is 12.1. The van der Waals surface area contributed by atoms with Crippen molar-refractivity contribution in [1.82, 2.24) is 20.2 Å². The molecular formula is C19H24N4O2. The van der Waals surface area contributed by atoms with Crippen molar-refractivity contribution in [1.29, 1.82) is 0 Å². The molecule has 1 saturated heterocycles. The van der Waals surface area contributed by atoms with Gasteiger partial charge in [0.2, 0.25) is 5.91 Å². The molecule has 2 heterocycles. The molecule has 6 nitrogen and oxygen atoms in total. The summed E-state index contributed by atoms with van der Waals surface area (Å²) < 4.78 is 5.88. The number of morpholine rings is 1. The number of benzene rings is 1. The van der Waals surface area contributed by atoms with Crippen molar-refractivity contribution in [3.63, 3.8) is 0 Å². The summed E-state index contributed by atoms with van der Waals surface area (Å²) in [5.41, 5.74) is 3.37. The summed E-state index contributed by atoms with van der Waals surface area (Å²) >= 11 is 0. The van der Waals surface area contributed by atoms with Crippen LogP contribution in [0.4, 0.5) is 0 Å². The molecule has 0 bridgehead atoms.